The van der Waals surface area contributed by atoms with Gasteiger partial charge in [0.15, 0.2) is 9.84 Å². The zero-order valence-electron chi connectivity index (χ0n) is 10.6. The maximum Gasteiger partial charge on any atom is 0.255 e. The highest BCUT2D eigenvalue weighted by Crippen LogP contribution is 2.17. The first-order chi connectivity index (χ1) is 8.15. The molecule has 18 heavy (non-hydrogen) atoms. The van der Waals surface area contributed by atoms with Gasteiger partial charge in [-0.3, -0.25) is 4.79 Å². The molecule has 0 fully saturated rings. The number of aromatic hydroxyl groups is 1. The first kappa shape index (κ1) is 14.5. The molecule has 0 saturated carbocycles. The van der Waals surface area contributed by atoms with Crippen molar-refractivity contribution < 1.29 is 18.3 Å². The minimum absolute atomic E-state index is 0.0149. The lowest BCUT2D eigenvalue weighted by Crippen LogP contribution is -2.43. The molecule has 0 saturated heterocycles. The molecule has 1 rings (SSSR count). The Morgan fingerprint density at radius 1 is 1.33 bits per heavy atom. The Balaban J connectivity index is 2.77. The molecule has 0 radical (unpaired) electrons. The van der Waals surface area contributed by atoms with Gasteiger partial charge in [-0.25, -0.2) is 8.42 Å². The van der Waals surface area contributed by atoms with Crippen molar-refractivity contribution in [2.24, 2.45) is 0 Å². The summed E-state index contributed by atoms with van der Waals surface area (Å²) >= 11 is 0. The van der Waals surface area contributed by atoms with Gasteiger partial charge in [0, 0.05) is 12.8 Å². The van der Waals surface area contributed by atoms with Crippen LogP contribution in [-0.2, 0) is 9.84 Å². The molecule has 2 N–H and O–H groups in total. The minimum Gasteiger partial charge on any atom is -0.507 e. The summed E-state index contributed by atoms with van der Waals surface area (Å²) < 4.78 is 21.9. The molecule has 0 aliphatic carbocycles. The lowest BCUT2D eigenvalue weighted by molar-refractivity contribution is 0.0948. The van der Waals surface area contributed by atoms with Crippen LogP contribution in [0.5, 0.6) is 5.75 Å². The van der Waals surface area contributed by atoms with Crippen molar-refractivity contribution in [3.05, 3.63) is 29.8 Å². The van der Waals surface area contributed by atoms with Crippen LogP contribution in [0.15, 0.2) is 24.3 Å². The average Bonchev–Trinajstić information content (AvgIpc) is 2.25. The molecule has 0 aliphatic rings. The molecule has 0 atom stereocenters. The summed E-state index contributed by atoms with van der Waals surface area (Å²) in [5, 5.41) is 12.0. The lowest BCUT2D eigenvalue weighted by Gasteiger charge is -2.22. The van der Waals surface area contributed by atoms with E-state index in [9.17, 15) is 18.3 Å². The number of benzene rings is 1. The summed E-state index contributed by atoms with van der Waals surface area (Å²) in [5.41, 5.74) is 0.127. The van der Waals surface area contributed by atoms with Crippen molar-refractivity contribution in [1.29, 1.82) is 0 Å². The number of sulfone groups is 1. The van der Waals surface area contributed by atoms with Gasteiger partial charge >= 0.3 is 0 Å². The number of nitrogens with one attached hydrogen (secondary N) is 1. The molecule has 1 aromatic carbocycles. The zero-order valence-corrected chi connectivity index (χ0v) is 11.4. The van der Waals surface area contributed by atoms with Gasteiger partial charge in [0.05, 0.1) is 10.3 Å². The second kappa shape index (κ2) is 4.97. The number of amides is 1. The van der Waals surface area contributed by atoms with E-state index in [1.807, 2.05) is 0 Å². The normalized spacial score (nSPS) is 12.2. The summed E-state index contributed by atoms with van der Waals surface area (Å²) in [7, 11) is -3.27. The van der Waals surface area contributed by atoms with Gasteiger partial charge in [0.25, 0.3) is 5.91 Å². The third-order valence-corrected chi connectivity index (χ3v) is 4.98. The molecule has 1 amide bonds. The third kappa shape index (κ3) is 3.22. The maximum absolute atomic E-state index is 11.8. The number of carbonyl (C=O) groups is 1. The first-order valence-electron chi connectivity index (χ1n) is 5.41. The molecular weight excluding hydrogens is 254 g/mol. The summed E-state index contributed by atoms with van der Waals surface area (Å²) in [5.74, 6) is -0.628. The molecule has 0 aromatic heterocycles. The van der Waals surface area contributed by atoms with Crippen molar-refractivity contribution in [1.82, 2.24) is 5.32 Å². The van der Waals surface area contributed by atoms with Gasteiger partial charge in [0.2, 0.25) is 0 Å². The SMILES string of the molecule is CC(C)(CNC(=O)c1ccccc1O)S(C)(=O)=O. The smallest absolute Gasteiger partial charge is 0.255 e. The topological polar surface area (TPSA) is 83.5 Å². The van der Waals surface area contributed by atoms with Gasteiger partial charge < -0.3 is 10.4 Å². The minimum atomic E-state index is -3.27. The van der Waals surface area contributed by atoms with E-state index in [-0.39, 0.29) is 17.9 Å². The number of hydrogen-bond acceptors (Lipinski definition) is 4. The Morgan fingerprint density at radius 3 is 2.39 bits per heavy atom. The Morgan fingerprint density at radius 2 is 1.89 bits per heavy atom. The predicted octanol–water partition coefficient (Wildman–Crippen LogP) is 0.945. The second-order valence-corrected chi connectivity index (χ2v) is 7.38. The Labute approximate surface area is 107 Å². The lowest BCUT2D eigenvalue weighted by atomic mass is 10.1. The fourth-order valence-corrected chi connectivity index (χ4v) is 1.52. The van der Waals surface area contributed by atoms with Crippen LogP contribution >= 0.6 is 0 Å². The summed E-state index contributed by atoms with van der Waals surface area (Å²) in [6.45, 7) is 3.06. The van der Waals surface area contributed by atoms with E-state index in [0.717, 1.165) is 6.26 Å². The van der Waals surface area contributed by atoms with Crippen molar-refractivity contribution >= 4 is 15.7 Å². The maximum atomic E-state index is 11.8. The zero-order chi connectivity index (χ0) is 14.0. The summed E-state index contributed by atoms with van der Waals surface area (Å²) in [6, 6.07) is 6.09. The molecule has 100 valence electrons. The molecule has 0 heterocycles. The van der Waals surface area contributed by atoms with Gasteiger partial charge in [-0.1, -0.05) is 12.1 Å². The Hall–Kier alpha value is -1.56. The van der Waals surface area contributed by atoms with Gasteiger partial charge in [-0.05, 0) is 26.0 Å². The summed E-state index contributed by atoms with van der Waals surface area (Å²) in [6.07, 6.45) is 1.12. The van der Waals surface area contributed by atoms with Crippen LogP contribution < -0.4 is 5.32 Å². The predicted molar refractivity (Wildman–Crippen MR) is 69.4 cm³/mol. The first-order valence-corrected chi connectivity index (χ1v) is 7.30. The van der Waals surface area contributed by atoms with Crippen LogP contribution in [0.25, 0.3) is 0 Å². The van der Waals surface area contributed by atoms with Crippen LogP contribution in [0.1, 0.15) is 24.2 Å². The fraction of sp³-hybridized carbons (Fsp3) is 0.417. The van der Waals surface area contributed by atoms with E-state index in [1.54, 1.807) is 12.1 Å². The standard InChI is InChI=1S/C12H17NO4S/c1-12(2,18(3,16)17)8-13-11(15)9-6-4-5-7-10(9)14/h4-7,14H,8H2,1-3H3,(H,13,15). The molecular formula is C12H17NO4S. The van der Waals surface area contributed by atoms with Crippen molar-refractivity contribution in [3.8, 4) is 5.75 Å². The molecule has 0 aliphatic heterocycles. The molecule has 1 aromatic rings. The van der Waals surface area contributed by atoms with Crippen LogP contribution in [0.2, 0.25) is 0 Å². The number of para-hydroxylation sites is 1. The van der Waals surface area contributed by atoms with E-state index >= 15 is 0 Å². The highest BCUT2D eigenvalue weighted by molar-refractivity contribution is 7.92. The molecule has 6 heteroatoms. The van der Waals surface area contributed by atoms with E-state index < -0.39 is 20.5 Å². The van der Waals surface area contributed by atoms with Crippen LogP contribution in [0.3, 0.4) is 0 Å². The van der Waals surface area contributed by atoms with Crippen LogP contribution in [0.4, 0.5) is 0 Å². The number of phenols is 1. The van der Waals surface area contributed by atoms with E-state index in [2.05, 4.69) is 5.32 Å². The van der Waals surface area contributed by atoms with E-state index in [0.29, 0.717) is 0 Å². The monoisotopic (exact) mass is 271 g/mol. The molecule has 5 nitrogen and oxygen atoms in total. The fourth-order valence-electron chi connectivity index (χ4n) is 1.19. The highest BCUT2D eigenvalue weighted by Gasteiger charge is 2.30. The largest absolute Gasteiger partial charge is 0.507 e. The van der Waals surface area contributed by atoms with Crippen molar-refractivity contribution in [2.75, 3.05) is 12.8 Å². The number of hydrogen-bond donors (Lipinski definition) is 2. The van der Waals surface area contributed by atoms with Crippen molar-refractivity contribution in [3.63, 3.8) is 0 Å². The van der Waals surface area contributed by atoms with Gasteiger partial charge in [-0.15, -0.1) is 0 Å². The Kier molecular flexibility index (Phi) is 4.01. The Bertz CT molecular complexity index is 549. The highest BCUT2D eigenvalue weighted by atomic mass is 32.2. The molecule has 0 unspecified atom stereocenters. The van der Waals surface area contributed by atoms with Gasteiger partial charge in [0.1, 0.15) is 5.75 Å². The van der Waals surface area contributed by atoms with Gasteiger partial charge in [-0.2, -0.15) is 0 Å². The molecule has 0 spiro atoms. The van der Waals surface area contributed by atoms with Crippen molar-refractivity contribution in [2.45, 2.75) is 18.6 Å². The number of carbonyl (C=O) groups excluding carboxylic acids is 1. The van der Waals surface area contributed by atoms with E-state index in [4.69, 9.17) is 0 Å². The third-order valence-electron chi connectivity index (χ3n) is 2.83. The average molecular weight is 271 g/mol. The number of rotatable bonds is 4. The number of phenolic OH excluding ortho intramolecular Hbond substituents is 1. The molecule has 0 bridgehead atoms. The second-order valence-electron chi connectivity index (χ2n) is 4.73. The van der Waals surface area contributed by atoms with Crippen LogP contribution in [0, 0.1) is 0 Å². The van der Waals surface area contributed by atoms with Crippen LogP contribution in [-0.4, -0.2) is 37.0 Å². The van der Waals surface area contributed by atoms with E-state index in [1.165, 1.54) is 26.0 Å². The quantitative estimate of drug-likeness (QED) is 0.854. The summed E-state index contributed by atoms with van der Waals surface area (Å²) in [4.78, 5) is 11.8.